The maximum absolute atomic E-state index is 12.9. The van der Waals surface area contributed by atoms with Crippen LogP contribution in [0.4, 0.5) is 0 Å². The number of nitrogens with one attached hydrogen (secondary N) is 2. The largest absolute Gasteiger partial charge is 0.497 e. The lowest BCUT2D eigenvalue weighted by atomic mass is 9.90. The molecule has 0 radical (unpaired) electrons. The summed E-state index contributed by atoms with van der Waals surface area (Å²) in [6.45, 7) is 0.323. The van der Waals surface area contributed by atoms with E-state index in [0.717, 1.165) is 27.8 Å². The number of ether oxygens (including phenoxy) is 1. The number of H-pyrrole nitrogens is 1. The van der Waals surface area contributed by atoms with Gasteiger partial charge in [-0.1, -0.05) is 42.5 Å². The topological polar surface area (TPSA) is 84.3 Å². The lowest BCUT2D eigenvalue weighted by Gasteiger charge is -2.18. The summed E-state index contributed by atoms with van der Waals surface area (Å²) in [6.07, 6.45) is 1.97. The number of methoxy groups -OCH3 is 1. The molecule has 0 fully saturated rings. The van der Waals surface area contributed by atoms with Crippen molar-refractivity contribution in [1.82, 2.24) is 10.3 Å². The molecule has 33 heavy (non-hydrogen) atoms. The van der Waals surface area contributed by atoms with E-state index in [0.29, 0.717) is 17.5 Å². The SMILES string of the molecule is COc1ccc(C(CNC(=O)c2cc(=O)c3ccccc3o2)c2c[nH]c3ccccc23)cc1. The Morgan fingerprint density at radius 1 is 1.00 bits per heavy atom. The van der Waals surface area contributed by atoms with E-state index >= 15 is 0 Å². The number of para-hydroxylation sites is 2. The standard InChI is InChI=1S/C27H22N2O4/c1-32-18-12-10-17(11-13-18)21(22-16-28-23-8-4-2-6-19(22)23)15-29-27(31)26-14-24(30)20-7-3-5-9-25(20)33-26/h2-14,16,21,28H,15H2,1H3,(H,29,31). The second kappa shape index (κ2) is 8.67. The minimum Gasteiger partial charge on any atom is -0.497 e. The third-order valence-corrected chi connectivity index (χ3v) is 5.84. The number of carbonyl (C=O) groups is 1. The number of fused-ring (bicyclic) bond motifs is 2. The molecule has 0 aliphatic rings. The van der Waals surface area contributed by atoms with E-state index in [1.165, 1.54) is 6.07 Å². The average molecular weight is 438 g/mol. The molecule has 6 nitrogen and oxygen atoms in total. The lowest BCUT2D eigenvalue weighted by molar-refractivity contribution is 0.0925. The van der Waals surface area contributed by atoms with Crippen molar-refractivity contribution in [3.05, 3.63) is 112 Å². The van der Waals surface area contributed by atoms with Crippen LogP contribution in [-0.2, 0) is 0 Å². The van der Waals surface area contributed by atoms with Crippen molar-refractivity contribution < 1.29 is 13.9 Å². The molecule has 1 atom stereocenters. The summed E-state index contributed by atoms with van der Waals surface area (Å²) >= 11 is 0. The summed E-state index contributed by atoms with van der Waals surface area (Å²) in [5.74, 6) is 0.198. The maximum Gasteiger partial charge on any atom is 0.287 e. The Morgan fingerprint density at radius 2 is 1.73 bits per heavy atom. The van der Waals surface area contributed by atoms with Crippen LogP contribution in [0.3, 0.4) is 0 Å². The molecule has 5 aromatic rings. The van der Waals surface area contributed by atoms with E-state index in [1.54, 1.807) is 31.4 Å². The number of amides is 1. The third-order valence-electron chi connectivity index (χ3n) is 5.84. The van der Waals surface area contributed by atoms with Gasteiger partial charge in [-0.15, -0.1) is 0 Å². The van der Waals surface area contributed by atoms with Gasteiger partial charge in [0.15, 0.2) is 11.2 Å². The minimum atomic E-state index is -0.434. The van der Waals surface area contributed by atoms with Crippen LogP contribution >= 0.6 is 0 Å². The summed E-state index contributed by atoms with van der Waals surface area (Å²) in [4.78, 5) is 28.7. The fourth-order valence-corrected chi connectivity index (χ4v) is 4.12. The Bertz CT molecular complexity index is 1500. The van der Waals surface area contributed by atoms with Crippen LogP contribution in [0, 0.1) is 0 Å². The van der Waals surface area contributed by atoms with Crippen molar-refractivity contribution >= 4 is 27.8 Å². The van der Waals surface area contributed by atoms with Gasteiger partial charge < -0.3 is 19.5 Å². The highest BCUT2D eigenvalue weighted by Gasteiger charge is 2.21. The Morgan fingerprint density at radius 3 is 2.52 bits per heavy atom. The molecule has 5 rings (SSSR count). The highest BCUT2D eigenvalue weighted by Crippen LogP contribution is 2.31. The fourth-order valence-electron chi connectivity index (χ4n) is 4.12. The predicted octanol–water partition coefficient (Wildman–Crippen LogP) is 4.84. The second-order valence-electron chi connectivity index (χ2n) is 7.80. The number of hydrogen-bond donors (Lipinski definition) is 2. The monoisotopic (exact) mass is 438 g/mol. The third kappa shape index (κ3) is 3.99. The zero-order valence-electron chi connectivity index (χ0n) is 18.0. The number of aromatic nitrogens is 1. The molecule has 3 aromatic carbocycles. The molecular formula is C27H22N2O4. The van der Waals surface area contributed by atoms with E-state index < -0.39 is 5.91 Å². The molecular weight excluding hydrogens is 416 g/mol. The lowest BCUT2D eigenvalue weighted by Crippen LogP contribution is -2.29. The van der Waals surface area contributed by atoms with Crippen LogP contribution in [0.5, 0.6) is 5.75 Å². The first-order valence-corrected chi connectivity index (χ1v) is 10.6. The Hall–Kier alpha value is -4.32. The predicted molar refractivity (Wildman–Crippen MR) is 128 cm³/mol. The van der Waals surface area contributed by atoms with Crippen molar-refractivity contribution in [3.63, 3.8) is 0 Å². The molecule has 0 saturated heterocycles. The van der Waals surface area contributed by atoms with Gasteiger partial charge in [0.1, 0.15) is 11.3 Å². The fraction of sp³-hybridized carbons (Fsp3) is 0.111. The van der Waals surface area contributed by atoms with Gasteiger partial charge >= 0.3 is 0 Å². The molecule has 2 N–H and O–H groups in total. The Balaban J connectivity index is 1.47. The molecule has 164 valence electrons. The minimum absolute atomic E-state index is 0.00823. The number of benzene rings is 3. The zero-order chi connectivity index (χ0) is 22.8. The molecule has 2 aromatic heterocycles. The molecule has 1 amide bonds. The van der Waals surface area contributed by atoms with E-state index in [-0.39, 0.29) is 17.1 Å². The van der Waals surface area contributed by atoms with E-state index in [4.69, 9.17) is 9.15 Å². The Kier molecular flexibility index (Phi) is 5.40. The summed E-state index contributed by atoms with van der Waals surface area (Å²) in [6, 6.07) is 24.0. The molecule has 2 heterocycles. The zero-order valence-corrected chi connectivity index (χ0v) is 18.0. The van der Waals surface area contributed by atoms with Gasteiger partial charge in [0.2, 0.25) is 0 Å². The molecule has 0 aliphatic carbocycles. The van der Waals surface area contributed by atoms with Crippen LogP contribution in [0.2, 0.25) is 0 Å². The van der Waals surface area contributed by atoms with Crippen molar-refractivity contribution in [2.75, 3.05) is 13.7 Å². The summed E-state index contributed by atoms with van der Waals surface area (Å²) in [5, 5.41) is 4.49. The number of aromatic amines is 1. The smallest absolute Gasteiger partial charge is 0.287 e. The molecule has 0 spiro atoms. The van der Waals surface area contributed by atoms with Crippen LogP contribution in [-0.4, -0.2) is 24.5 Å². The van der Waals surface area contributed by atoms with Gasteiger partial charge in [0, 0.05) is 35.6 Å². The van der Waals surface area contributed by atoms with Crippen molar-refractivity contribution in [2.45, 2.75) is 5.92 Å². The normalized spacial score (nSPS) is 12.0. The summed E-state index contributed by atoms with van der Waals surface area (Å²) < 4.78 is 11.0. The van der Waals surface area contributed by atoms with Gasteiger partial charge in [-0.05, 0) is 41.5 Å². The second-order valence-corrected chi connectivity index (χ2v) is 7.80. The van der Waals surface area contributed by atoms with Crippen LogP contribution in [0.1, 0.15) is 27.6 Å². The van der Waals surface area contributed by atoms with Gasteiger partial charge in [-0.3, -0.25) is 9.59 Å². The van der Waals surface area contributed by atoms with Gasteiger partial charge in [-0.25, -0.2) is 0 Å². The number of hydrogen-bond acceptors (Lipinski definition) is 4. The van der Waals surface area contributed by atoms with Crippen molar-refractivity contribution in [3.8, 4) is 5.75 Å². The number of carbonyl (C=O) groups excluding carboxylic acids is 1. The van der Waals surface area contributed by atoms with Crippen LogP contribution in [0.25, 0.3) is 21.9 Å². The van der Waals surface area contributed by atoms with Crippen LogP contribution < -0.4 is 15.5 Å². The highest BCUT2D eigenvalue weighted by atomic mass is 16.5. The van der Waals surface area contributed by atoms with E-state index in [2.05, 4.69) is 16.4 Å². The molecule has 0 aliphatic heterocycles. The summed E-state index contributed by atoms with van der Waals surface area (Å²) in [5.41, 5.74) is 3.26. The number of rotatable bonds is 6. The van der Waals surface area contributed by atoms with Crippen molar-refractivity contribution in [1.29, 1.82) is 0 Å². The molecule has 6 heteroatoms. The van der Waals surface area contributed by atoms with Crippen molar-refractivity contribution in [2.24, 2.45) is 0 Å². The van der Waals surface area contributed by atoms with Gasteiger partial charge in [0.25, 0.3) is 5.91 Å². The molecule has 0 bridgehead atoms. The quantitative estimate of drug-likeness (QED) is 0.397. The highest BCUT2D eigenvalue weighted by molar-refractivity contribution is 5.93. The summed E-state index contributed by atoms with van der Waals surface area (Å²) in [7, 11) is 1.63. The van der Waals surface area contributed by atoms with E-state index in [9.17, 15) is 9.59 Å². The van der Waals surface area contributed by atoms with Crippen LogP contribution in [0.15, 0.2) is 94.3 Å². The van der Waals surface area contributed by atoms with Gasteiger partial charge in [0.05, 0.1) is 12.5 Å². The molecule has 0 saturated carbocycles. The maximum atomic E-state index is 12.9. The first kappa shape index (κ1) is 20.6. The first-order valence-electron chi connectivity index (χ1n) is 10.6. The van der Waals surface area contributed by atoms with E-state index in [1.807, 2.05) is 48.7 Å². The average Bonchev–Trinajstić information content (AvgIpc) is 3.28. The first-order chi connectivity index (χ1) is 16.1. The van der Waals surface area contributed by atoms with Gasteiger partial charge in [-0.2, -0.15) is 0 Å². The Labute approximate surface area is 189 Å². The molecule has 1 unspecified atom stereocenters.